The molecule has 1 aliphatic rings. The first-order valence-electron chi connectivity index (χ1n) is 10.4. The van der Waals surface area contributed by atoms with Gasteiger partial charge >= 0.3 is 0 Å². The molecule has 0 bridgehead atoms. The maximum Gasteiger partial charge on any atom is 0.225 e. The zero-order valence-electron chi connectivity index (χ0n) is 17.7. The van der Waals surface area contributed by atoms with Gasteiger partial charge in [-0.3, -0.25) is 4.79 Å². The van der Waals surface area contributed by atoms with E-state index >= 15 is 0 Å². The molecule has 158 valence electrons. The van der Waals surface area contributed by atoms with E-state index in [9.17, 15) is 13.2 Å². The molecule has 3 rings (SSSR count). The van der Waals surface area contributed by atoms with E-state index in [0.717, 1.165) is 36.0 Å². The first kappa shape index (κ1) is 21.8. The molecule has 1 heterocycles. The minimum atomic E-state index is -3.04. The number of aryl methyl sites for hydroxylation is 1. The van der Waals surface area contributed by atoms with E-state index < -0.39 is 9.84 Å². The summed E-state index contributed by atoms with van der Waals surface area (Å²) < 4.78 is 29.9. The molecule has 5 nitrogen and oxygen atoms in total. The number of oxazole rings is 1. The second-order valence-corrected chi connectivity index (χ2v) is 11.3. The largest absolute Gasteiger partial charge is 0.445 e. The molecule has 0 amide bonds. The third-order valence-electron chi connectivity index (χ3n) is 6.35. The van der Waals surface area contributed by atoms with Crippen molar-refractivity contribution < 1.29 is 17.6 Å². The Morgan fingerprint density at radius 1 is 1.28 bits per heavy atom. The van der Waals surface area contributed by atoms with Crippen LogP contribution in [0.25, 0.3) is 11.5 Å². The van der Waals surface area contributed by atoms with Crippen LogP contribution in [0.5, 0.6) is 0 Å². The summed E-state index contributed by atoms with van der Waals surface area (Å²) in [5.74, 6) is 1.51. The fourth-order valence-corrected chi connectivity index (χ4v) is 5.69. The Hall–Kier alpha value is -1.95. The zero-order valence-corrected chi connectivity index (χ0v) is 18.5. The van der Waals surface area contributed by atoms with Crippen LogP contribution in [0, 0.1) is 24.7 Å². The highest BCUT2D eigenvalue weighted by Crippen LogP contribution is 2.36. The van der Waals surface area contributed by atoms with Gasteiger partial charge in [0.05, 0.1) is 17.2 Å². The topological polar surface area (TPSA) is 77.2 Å². The molecule has 0 aliphatic heterocycles. The Morgan fingerprint density at radius 2 is 2.03 bits per heavy atom. The maximum atomic E-state index is 12.9. The van der Waals surface area contributed by atoms with Gasteiger partial charge in [0.15, 0.2) is 9.84 Å². The number of hydrogen-bond donors (Lipinski definition) is 0. The minimum absolute atomic E-state index is 0.0221. The molecule has 1 aliphatic carbocycles. The van der Waals surface area contributed by atoms with E-state index in [0.29, 0.717) is 12.3 Å². The Labute approximate surface area is 173 Å². The molecule has 0 N–H and O–H groups in total. The average molecular weight is 418 g/mol. The number of nitrogens with zero attached hydrogens (tertiary/aromatic N) is 1. The molecule has 0 radical (unpaired) electrons. The Bertz CT molecular complexity index is 947. The fraction of sp³-hybridized carbons (Fsp3) is 0.565. The van der Waals surface area contributed by atoms with Gasteiger partial charge in [0.1, 0.15) is 12.0 Å². The number of benzene rings is 1. The quantitative estimate of drug-likeness (QED) is 0.656. The highest BCUT2D eigenvalue weighted by molar-refractivity contribution is 7.91. The lowest BCUT2D eigenvalue weighted by molar-refractivity contribution is -0.123. The van der Waals surface area contributed by atoms with Gasteiger partial charge in [0, 0.05) is 17.9 Å². The van der Waals surface area contributed by atoms with Gasteiger partial charge in [-0.1, -0.05) is 13.0 Å². The van der Waals surface area contributed by atoms with Crippen LogP contribution in [-0.4, -0.2) is 30.2 Å². The summed E-state index contributed by atoms with van der Waals surface area (Å²) >= 11 is 0. The smallest absolute Gasteiger partial charge is 0.225 e. The normalized spacial score (nSPS) is 22.7. The lowest BCUT2D eigenvalue weighted by Crippen LogP contribution is -2.34. The summed E-state index contributed by atoms with van der Waals surface area (Å²) in [6.45, 7) is 7.58. The van der Waals surface area contributed by atoms with Crippen LogP contribution in [0.4, 0.5) is 0 Å². The predicted octanol–water partition coefficient (Wildman–Crippen LogP) is 4.64. The third-order valence-corrected chi connectivity index (χ3v) is 8.68. The number of hydrogen-bond acceptors (Lipinski definition) is 5. The van der Waals surface area contributed by atoms with Crippen LogP contribution >= 0.6 is 0 Å². The molecular weight excluding hydrogens is 386 g/mol. The number of carbonyl (C=O) groups is 1. The standard InChI is InChI=1S/C23H31NO4S/c1-15(2)29(26,27)14-21-8-6-19(11-17(21)4)22(25)13-18-5-7-20(12-16(18)3)23-24-9-10-28-23/h5,7,9-10,12,15,17,19,21H,6,8,11,13-14H2,1-4H3/t17?,19-,21+/m1/s1. The highest BCUT2D eigenvalue weighted by Gasteiger charge is 2.34. The molecule has 0 saturated heterocycles. The summed E-state index contributed by atoms with van der Waals surface area (Å²) in [5.41, 5.74) is 2.99. The number of aromatic nitrogens is 1. The van der Waals surface area contributed by atoms with Crippen molar-refractivity contribution >= 4 is 15.6 Å². The SMILES string of the molecule is Cc1cc(-c2ncco2)ccc1CC(=O)[C@@H]1CC[C@@H](CS(=O)(=O)C(C)C)C(C)C1. The van der Waals surface area contributed by atoms with Gasteiger partial charge in [-0.25, -0.2) is 13.4 Å². The van der Waals surface area contributed by atoms with Crippen molar-refractivity contribution in [1.29, 1.82) is 0 Å². The van der Waals surface area contributed by atoms with Crippen molar-refractivity contribution in [2.45, 2.75) is 58.6 Å². The summed E-state index contributed by atoms with van der Waals surface area (Å²) in [6.07, 6.45) is 5.97. The lowest BCUT2D eigenvalue weighted by atomic mass is 9.73. The average Bonchev–Trinajstić information content (AvgIpc) is 3.19. The first-order chi connectivity index (χ1) is 13.7. The van der Waals surface area contributed by atoms with E-state index in [4.69, 9.17) is 4.42 Å². The Balaban J connectivity index is 1.61. The van der Waals surface area contributed by atoms with Crippen molar-refractivity contribution in [1.82, 2.24) is 4.98 Å². The molecule has 29 heavy (non-hydrogen) atoms. The van der Waals surface area contributed by atoms with Crippen LogP contribution in [0.2, 0.25) is 0 Å². The fourth-order valence-electron chi connectivity index (χ4n) is 4.22. The van der Waals surface area contributed by atoms with Crippen molar-refractivity contribution in [3.05, 3.63) is 41.8 Å². The minimum Gasteiger partial charge on any atom is -0.445 e. The molecule has 1 fully saturated rings. The van der Waals surface area contributed by atoms with Gasteiger partial charge in [-0.05, 0) is 75.1 Å². The van der Waals surface area contributed by atoms with Crippen molar-refractivity contribution in [3.8, 4) is 11.5 Å². The molecule has 1 aromatic heterocycles. The molecule has 2 aromatic rings. The second kappa shape index (κ2) is 8.82. The van der Waals surface area contributed by atoms with Gasteiger partial charge in [-0.2, -0.15) is 0 Å². The van der Waals surface area contributed by atoms with Crippen LogP contribution in [0.1, 0.15) is 51.2 Å². The summed E-state index contributed by atoms with van der Waals surface area (Å²) in [4.78, 5) is 17.1. The third kappa shape index (κ3) is 5.16. The highest BCUT2D eigenvalue weighted by atomic mass is 32.2. The van der Waals surface area contributed by atoms with Crippen LogP contribution in [0.15, 0.2) is 35.1 Å². The van der Waals surface area contributed by atoms with E-state index in [2.05, 4.69) is 11.9 Å². The molecule has 1 aromatic carbocycles. The molecule has 0 spiro atoms. The second-order valence-electron chi connectivity index (χ2n) is 8.75. The van der Waals surface area contributed by atoms with Gasteiger partial charge in [0.2, 0.25) is 5.89 Å². The molecule has 1 saturated carbocycles. The first-order valence-corrected chi connectivity index (χ1v) is 12.1. The number of rotatable bonds is 7. The maximum absolute atomic E-state index is 12.9. The summed E-state index contributed by atoms with van der Waals surface area (Å²) in [6, 6.07) is 5.93. The molecular formula is C23H31NO4S. The zero-order chi connectivity index (χ0) is 21.2. The van der Waals surface area contributed by atoms with Gasteiger partial charge in [-0.15, -0.1) is 0 Å². The Morgan fingerprint density at radius 3 is 2.62 bits per heavy atom. The van der Waals surface area contributed by atoms with Crippen LogP contribution < -0.4 is 0 Å². The number of carbonyl (C=O) groups excluding carboxylic acids is 1. The lowest BCUT2D eigenvalue weighted by Gasteiger charge is -2.33. The van der Waals surface area contributed by atoms with E-state index in [1.54, 1.807) is 26.3 Å². The molecule has 1 unspecified atom stereocenters. The number of ketones is 1. The summed E-state index contributed by atoms with van der Waals surface area (Å²) in [7, 11) is -3.04. The van der Waals surface area contributed by atoms with Crippen LogP contribution in [0.3, 0.4) is 0 Å². The number of Topliss-reactive ketones (excluding diaryl/α,β-unsaturated/α-hetero) is 1. The summed E-state index contributed by atoms with van der Waals surface area (Å²) in [5, 5.41) is -0.337. The van der Waals surface area contributed by atoms with Gasteiger partial charge in [0.25, 0.3) is 0 Å². The van der Waals surface area contributed by atoms with Gasteiger partial charge < -0.3 is 4.42 Å². The molecule has 3 atom stereocenters. The van der Waals surface area contributed by atoms with E-state index in [1.165, 1.54) is 0 Å². The van der Waals surface area contributed by atoms with E-state index in [1.807, 2.05) is 25.1 Å². The number of sulfone groups is 1. The van der Waals surface area contributed by atoms with Crippen LogP contribution in [-0.2, 0) is 21.1 Å². The van der Waals surface area contributed by atoms with Crippen molar-refractivity contribution in [3.63, 3.8) is 0 Å². The van der Waals surface area contributed by atoms with E-state index in [-0.39, 0.29) is 34.5 Å². The Kier molecular flexibility index (Phi) is 6.62. The van der Waals surface area contributed by atoms with Crippen molar-refractivity contribution in [2.75, 3.05) is 5.75 Å². The van der Waals surface area contributed by atoms with Crippen molar-refractivity contribution in [2.24, 2.45) is 17.8 Å². The monoisotopic (exact) mass is 417 g/mol. The predicted molar refractivity (Wildman–Crippen MR) is 114 cm³/mol. The molecule has 6 heteroatoms.